The van der Waals surface area contributed by atoms with E-state index < -0.39 is 0 Å². The van der Waals surface area contributed by atoms with E-state index in [1.165, 1.54) is 0 Å². The number of nitriles is 1. The van der Waals surface area contributed by atoms with Crippen molar-refractivity contribution >= 4 is 0 Å². The summed E-state index contributed by atoms with van der Waals surface area (Å²) < 4.78 is 0. The summed E-state index contributed by atoms with van der Waals surface area (Å²) >= 11 is 0. The summed E-state index contributed by atoms with van der Waals surface area (Å²) in [5.74, 6) is 0. The Bertz CT molecular complexity index is 162. The van der Waals surface area contributed by atoms with Gasteiger partial charge >= 0.3 is 0 Å². The maximum absolute atomic E-state index is 8.32. The molecule has 1 aliphatic rings. The second-order valence-corrected chi connectivity index (χ2v) is 3.46. The van der Waals surface area contributed by atoms with E-state index in [2.05, 4.69) is 11.0 Å². The van der Waals surface area contributed by atoms with Crippen molar-refractivity contribution in [2.24, 2.45) is 5.73 Å². The molecule has 0 aliphatic carbocycles. The quantitative estimate of drug-likeness (QED) is 0.627. The van der Waals surface area contributed by atoms with Crippen LogP contribution in [0.4, 0.5) is 0 Å². The standard InChI is InChI=1S/C9H17N3/c10-5-2-1-3-6-12-7-4-9(11)8-12/h9H,1-4,6-8,11H2/t9-/m1/s1. The first-order chi connectivity index (χ1) is 5.83. The zero-order chi connectivity index (χ0) is 8.81. The Hall–Kier alpha value is -0.590. The molecule has 1 heterocycles. The highest BCUT2D eigenvalue weighted by Gasteiger charge is 2.17. The normalized spacial score (nSPS) is 24.2. The number of unbranched alkanes of at least 4 members (excludes halogenated alkanes) is 2. The molecule has 1 saturated heterocycles. The topological polar surface area (TPSA) is 53.0 Å². The molecule has 1 aliphatic heterocycles. The Kier molecular flexibility index (Phi) is 4.06. The highest BCUT2D eigenvalue weighted by molar-refractivity contribution is 4.78. The van der Waals surface area contributed by atoms with E-state index in [-0.39, 0.29) is 0 Å². The molecular weight excluding hydrogens is 150 g/mol. The third-order valence-corrected chi connectivity index (χ3v) is 2.32. The Balaban J connectivity index is 1.97. The van der Waals surface area contributed by atoms with Crippen molar-refractivity contribution in [3.63, 3.8) is 0 Å². The number of hydrogen-bond acceptors (Lipinski definition) is 3. The average molecular weight is 167 g/mol. The molecule has 12 heavy (non-hydrogen) atoms. The van der Waals surface area contributed by atoms with Crippen LogP contribution in [0.5, 0.6) is 0 Å². The van der Waals surface area contributed by atoms with Crippen molar-refractivity contribution in [1.29, 1.82) is 5.26 Å². The molecule has 1 rings (SSSR count). The van der Waals surface area contributed by atoms with Gasteiger partial charge in [-0.05, 0) is 32.4 Å². The van der Waals surface area contributed by atoms with Crippen molar-refractivity contribution in [2.45, 2.75) is 31.7 Å². The van der Waals surface area contributed by atoms with Crippen LogP contribution in [-0.4, -0.2) is 30.6 Å². The molecule has 0 aromatic carbocycles. The summed E-state index contributed by atoms with van der Waals surface area (Å²) in [6, 6.07) is 2.55. The third kappa shape index (κ3) is 3.21. The van der Waals surface area contributed by atoms with E-state index in [4.69, 9.17) is 11.0 Å². The second-order valence-electron chi connectivity index (χ2n) is 3.46. The summed E-state index contributed by atoms with van der Waals surface area (Å²) in [4.78, 5) is 2.39. The van der Waals surface area contributed by atoms with Crippen molar-refractivity contribution in [1.82, 2.24) is 4.90 Å². The third-order valence-electron chi connectivity index (χ3n) is 2.32. The minimum absolute atomic E-state index is 0.390. The summed E-state index contributed by atoms with van der Waals surface area (Å²) in [6.45, 7) is 3.32. The summed E-state index contributed by atoms with van der Waals surface area (Å²) in [7, 11) is 0. The van der Waals surface area contributed by atoms with Crippen LogP contribution in [0.1, 0.15) is 25.7 Å². The molecular formula is C9H17N3. The Labute approximate surface area is 74.1 Å². The Morgan fingerprint density at radius 2 is 2.33 bits per heavy atom. The van der Waals surface area contributed by atoms with Gasteiger partial charge in [-0.2, -0.15) is 5.26 Å². The van der Waals surface area contributed by atoms with E-state index in [1.54, 1.807) is 0 Å². The largest absolute Gasteiger partial charge is 0.326 e. The predicted octanol–water partition coefficient (Wildman–Crippen LogP) is 0.713. The lowest BCUT2D eigenvalue weighted by molar-refractivity contribution is 0.326. The maximum atomic E-state index is 8.32. The first kappa shape index (κ1) is 9.50. The van der Waals surface area contributed by atoms with Gasteiger partial charge in [0.15, 0.2) is 0 Å². The Morgan fingerprint density at radius 1 is 1.50 bits per heavy atom. The van der Waals surface area contributed by atoms with Crippen LogP contribution >= 0.6 is 0 Å². The molecule has 0 spiro atoms. The number of hydrogen-bond donors (Lipinski definition) is 1. The van der Waals surface area contributed by atoms with Gasteiger partial charge < -0.3 is 10.6 Å². The highest BCUT2D eigenvalue weighted by atomic mass is 15.2. The molecule has 3 nitrogen and oxygen atoms in total. The van der Waals surface area contributed by atoms with Crippen molar-refractivity contribution in [2.75, 3.05) is 19.6 Å². The van der Waals surface area contributed by atoms with Gasteiger partial charge in [0, 0.05) is 19.0 Å². The van der Waals surface area contributed by atoms with Gasteiger partial charge in [0.2, 0.25) is 0 Å². The molecule has 1 atom stereocenters. The predicted molar refractivity (Wildman–Crippen MR) is 48.5 cm³/mol. The van der Waals surface area contributed by atoms with Crippen LogP contribution in [0.15, 0.2) is 0 Å². The lowest BCUT2D eigenvalue weighted by Gasteiger charge is -2.13. The van der Waals surface area contributed by atoms with Gasteiger partial charge in [0.1, 0.15) is 0 Å². The fourth-order valence-electron chi connectivity index (χ4n) is 1.61. The van der Waals surface area contributed by atoms with E-state index >= 15 is 0 Å². The molecule has 0 bridgehead atoms. The van der Waals surface area contributed by atoms with Crippen molar-refractivity contribution < 1.29 is 0 Å². The maximum Gasteiger partial charge on any atom is 0.0621 e. The lowest BCUT2D eigenvalue weighted by Crippen LogP contribution is -2.27. The minimum Gasteiger partial charge on any atom is -0.326 e. The highest BCUT2D eigenvalue weighted by Crippen LogP contribution is 2.08. The molecule has 0 radical (unpaired) electrons. The van der Waals surface area contributed by atoms with Crippen molar-refractivity contribution in [3.8, 4) is 6.07 Å². The fourth-order valence-corrected chi connectivity index (χ4v) is 1.61. The monoisotopic (exact) mass is 167 g/mol. The van der Waals surface area contributed by atoms with Gasteiger partial charge in [-0.15, -0.1) is 0 Å². The number of likely N-dealkylation sites (tertiary alicyclic amines) is 1. The average Bonchev–Trinajstić information content (AvgIpc) is 2.45. The second kappa shape index (κ2) is 5.13. The summed E-state index contributed by atoms with van der Waals surface area (Å²) in [5.41, 5.74) is 5.76. The SMILES string of the molecule is N#CCCCCN1CC[C@@H](N)C1. The van der Waals surface area contributed by atoms with E-state index in [1.807, 2.05) is 0 Å². The molecule has 3 heteroatoms. The van der Waals surface area contributed by atoms with Crippen LogP contribution in [-0.2, 0) is 0 Å². The molecule has 0 unspecified atom stereocenters. The van der Waals surface area contributed by atoms with Gasteiger partial charge in [-0.3, -0.25) is 0 Å². The minimum atomic E-state index is 0.390. The van der Waals surface area contributed by atoms with Gasteiger partial charge in [0.25, 0.3) is 0 Å². The molecule has 0 amide bonds. The summed E-state index contributed by atoms with van der Waals surface area (Å²) in [5, 5.41) is 8.32. The van der Waals surface area contributed by atoms with Crippen LogP contribution in [0.25, 0.3) is 0 Å². The van der Waals surface area contributed by atoms with Gasteiger partial charge in [-0.1, -0.05) is 0 Å². The number of nitrogens with zero attached hydrogens (tertiary/aromatic N) is 2. The van der Waals surface area contributed by atoms with Crippen LogP contribution in [0.3, 0.4) is 0 Å². The molecule has 68 valence electrons. The first-order valence-corrected chi connectivity index (χ1v) is 4.68. The van der Waals surface area contributed by atoms with E-state index in [0.717, 1.165) is 38.9 Å². The number of rotatable bonds is 4. The van der Waals surface area contributed by atoms with Gasteiger partial charge in [0.05, 0.1) is 6.07 Å². The fraction of sp³-hybridized carbons (Fsp3) is 0.889. The molecule has 0 saturated carbocycles. The summed E-state index contributed by atoms with van der Waals surface area (Å²) in [6.07, 6.45) is 4.00. The number of nitrogens with two attached hydrogens (primary N) is 1. The van der Waals surface area contributed by atoms with E-state index in [9.17, 15) is 0 Å². The zero-order valence-corrected chi connectivity index (χ0v) is 7.50. The Morgan fingerprint density at radius 3 is 2.92 bits per heavy atom. The van der Waals surface area contributed by atoms with Crippen LogP contribution in [0.2, 0.25) is 0 Å². The molecule has 0 aromatic heterocycles. The smallest absolute Gasteiger partial charge is 0.0621 e. The molecule has 0 aromatic rings. The zero-order valence-electron chi connectivity index (χ0n) is 7.50. The lowest BCUT2D eigenvalue weighted by atomic mass is 10.2. The van der Waals surface area contributed by atoms with Crippen LogP contribution in [0, 0.1) is 11.3 Å². The van der Waals surface area contributed by atoms with Crippen molar-refractivity contribution in [3.05, 3.63) is 0 Å². The van der Waals surface area contributed by atoms with Gasteiger partial charge in [-0.25, -0.2) is 0 Å². The molecule has 1 fully saturated rings. The molecule has 2 N–H and O–H groups in total. The van der Waals surface area contributed by atoms with Crippen LogP contribution < -0.4 is 5.73 Å². The first-order valence-electron chi connectivity index (χ1n) is 4.68. The van der Waals surface area contributed by atoms with E-state index in [0.29, 0.717) is 12.5 Å².